The summed E-state index contributed by atoms with van der Waals surface area (Å²) in [5.41, 5.74) is 6.07. The van der Waals surface area contributed by atoms with Crippen LogP contribution >= 0.6 is 34.8 Å². The Kier molecular flexibility index (Phi) is 9.80. The fourth-order valence-corrected chi connectivity index (χ4v) is 8.22. The second-order valence-corrected chi connectivity index (χ2v) is 16.3. The summed E-state index contributed by atoms with van der Waals surface area (Å²) in [5.74, 6) is -0.797. The van der Waals surface area contributed by atoms with Gasteiger partial charge in [-0.1, -0.05) is 98.9 Å². The Morgan fingerprint density at radius 3 is 1.94 bits per heavy atom. The first-order valence-electron chi connectivity index (χ1n) is 16.6. The standard InChI is InChI=1S/C40H41Cl3N2O4/c1-23-11-12-26(17-27(23)41)44-34(48)22-49-38-28(42)15-25(16-29(38)43)35-36-30(18-39(2,3)20-32(36)46)45(14-13-24-9-7-6-8-10-24)31-19-40(4,5)21-33(47)37(31)35/h6-12,15-17,35H,13-14,18-22H2,1-5H3,(H,44,48). The van der Waals surface area contributed by atoms with Crippen molar-refractivity contribution in [3.63, 3.8) is 0 Å². The second kappa shape index (κ2) is 13.6. The van der Waals surface area contributed by atoms with Crippen LogP contribution in [0.1, 0.15) is 76.0 Å². The highest BCUT2D eigenvalue weighted by Gasteiger charge is 2.49. The van der Waals surface area contributed by atoms with E-state index in [0.717, 1.165) is 23.4 Å². The minimum Gasteiger partial charge on any atom is -0.481 e. The number of halogens is 3. The number of carbonyl (C=O) groups is 3. The van der Waals surface area contributed by atoms with E-state index in [0.29, 0.717) is 59.6 Å². The van der Waals surface area contributed by atoms with Gasteiger partial charge in [0.15, 0.2) is 23.9 Å². The zero-order chi connectivity index (χ0) is 35.2. The van der Waals surface area contributed by atoms with Crippen molar-refractivity contribution in [1.82, 2.24) is 4.90 Å². The number of benzene rings is 3. The Bertz CT molecular complexity index is 1830. The van der Waals surface area contributed by atoms with Gasteiger partial charge < -0.3 is 15.0 Å². The maximum atomic E-state index is 14.2. The zero-order valence-electron chi connectivity index (χ0n) is 28.5. The second-order valence-electron chi connectivity index (χ2n) is 15.0. The van der Waals surface area contributed by atoms with E-state index in [4.69, 9.17) is 39.5 Å². The molecule has 3 aromatic carbocycles. The lowest BCUT2D eigenvalue weighted by atomic mass is 9.63. The van der Waals surface area contributed by atoms with Gasteiger partial charge in [-0.2, -0.15) is 0 Å². The van der Waals surface area contributed by atoms with Crippen molar-refractivity contribution < 1.29 is 19.1 Å². The molecule has 256 valence electrons. The van der Waals surface area contributed by atoms with Crippen LogP contribution in [-0.4, -0.2) is 35.5 Å². The Morgan fingerprint density at radius 1 is 0.816 bits per heavy atom. The number of ether oxygens (including phenoxy) is 1. The van der Waals surface area contributed by atoms with Crippen LogP contribution in [0.25, 0.3) is 0 Å². The van der Waals surface area contributed by atoms with Crippen LogP contribution in [0.5, 0.6) is 5.75 Å². The van der Waals surface area contributed by atoms with Crippen LogP contribution in [0.2, 0.25) is 15.1 Å². The van der Waals surface area contributed by atoms with Crippen molar-refractivity contribution in [2.75, 3.05) is 18.5 Å². The molecule has 1 amide bonds. The summed E-state index contributed by atoms with van der Waals surface area (Å²) in [7, 11) is 0. The van der Waals surface area contributed by atoms with Crippen LogP contribution in [0.3, 0.4) is 0 Å². The molecule has 6 rings (SSSR count). The van der Waals surface area contributed by atoms with Gasteiger partial charge in [0, 0.05) is 58.6 Å². The summed E-state index contributed by atoms with van der Waals surface area (Å²) in [6, 6.07) is 19.0. The first kappa shape index (κ1) is 35.3. The maximum Gasteiger partial charge on any atom is 0.262 e. The molecule has 9 heteroatoms. The Hall–Kier alpha value is -3.58. The molecule has 49 heavy (non-hydrogen) atoms. The lowest BCUT2D eigenvalue weighted by Crippen LogP contribution is -2.45. The highest BCUT2D eigenvalue weighted by molar-refractivity contribution is 6.37. The summed E-state index contributed by atoms with van der Waals surface area (Å²) in [4.78, 5) is 43.4. The van der Waals surface area contributed by atoms with Gasteiger partial charge in [0.2, 0.25) is 0 Å². The lowest BCUT2D eigenvalue weighted by Gasteiger charge is -2.49. The largest absolute Gasteiger partial charge is 0.481 e. The number of hydrogen-bond acceptors (Lipinski definition) is 5. The Morgan fingerprint density at radius 2 is 1.39 bits per heavy atom. The molecule has 0 bridgehead atoms. The number of Topliss-reactive ketones (excluding diaryl/α,β-unsaturated/α-hetero) is 2. The number of aryl methyl sites for hydroxylation is 1. The summed E-state index contributed by atoms with van der Waals surface area (Å²) >= 11 is 19.9. The van der Waals surface area contributed by atoms with Crippen molar-refractivity contribution in [3.8, 4) is 5.75 Å². The number of rotatable bonds is 8. The minimum absolute atomic E-state index is 0.0330. The number of amides is 1. The molecule has 0 atom stereocenters. The lowest BCUT2D eigenvalue weighted by molar-refractivity contribution is -0.120. The molecule has 2 aliphatic carbocycles. The quantitative estimate of drug-likeness (QED) is 0.251. The average molecular weight is 720 g/mol. The normalized spacial score (nSPS) is 18.7. The molecule has 1 aliphatic heterocycles. The van der Waals surface area contributed by atoms with Crippen LogP contribution in [0.15, 0.2) is 83.2 Å². The monoisotopic (exact) mass is 718 g/mol. The molecular formula is C40H41Cl3N2O4. The van der Waals surface area contributed by atoms with Gasteiger partial charge in [-0.05, 0) is 78.0 Å². The summed E-state index contributed by atoms with van der Waals surface area (Å²) in [5, 5.41) is 3.69. The van der Waals surface area contributed by atoms with Gasteiger partial charge in [-0.15, -0.1) is 0 Å². The third kappa shape index (κ3) is 7.47. The molecule has 0 unspecified atom stereocenters. The molecule has 0 radical (unpaired) electrons. The van der Waals surface area contributed by atoms with E-state index in [9.17, 15) is 14.4 Å². The average Bonchev–Trinajstić information content (AvgIpc) is 3.00. The molecular weight excluding hydrogens is 679 g/mol. The highest BCUT2D eigenvalue weighted by atomic mass is 35.5. The third-order valence-electron chi connectivity index (χ3n) is 9.65. The van der Waals surface area contributed by atoms with Gasteiger partial charge in [-0.3, -0.25) is 14.4 Å². The number of carbonyl (C=O) groups excluding carboxylic acids is 3. The summed E-state index contributed by atoms with van der Waals surface area (Å²) in [6.07, 6.45) is 2.93. The molecule has 6 nitrogen and oxygen atoms in total. The molecule has 0 aromatic heterocycles. The van der Waals surface area contributed by atoms with E-state index >= 15 is 0 Å². The predicted octanol–water partition coefficient (Wildman–Crippen LogP) is 9.90. The van der Waals surface area contributed by atoms with E-state index in [2.05, 4.69) is 50.0 Å². The van der Waals surface area contributed by atoms with Crippen molar-refractivity contribution >= 4 is 58.0 Å². The smallest absolute Gasteiger partial charge is 0.262 e. The maximum absolute atomic E-state index is 14.2. The van der Waals surface area contributed by atoms with E-state index in [1.807, 2.05) is 31.2 Å². The van der Waals surface area contributed by atoms with Crippen molar-refractivity contribution in [1.29, 1.82) is 0 Å². The van der Waals surface area contributed by atoms with Crippen LogP contribution < -0.4 is 10.1 Å². The number of anilines is 1. The third-order valence-corrected chi connectivity index (χ3v) is 10.6. The number of hydrogen-bond donors (Lipinski definition) is 1. The van der Waals surface area contributed by atoms with Gasteiger partial charge in [0.25, 0.3) is 5.91 Å². The van der Waals surface area contributed by atoms with Crippen LogP contribution in [0, 0.1) is 17.8 Å². The molecule has 0 fully saturated rings. The molecule has 3 aliphatic rings. The van der Waals surface area contributed by atoms with E-state index in [-0.39, 0.29) is 44.8 Å². The molecule has 0 saturated heterocycles. The SMILES string of the molecule is Cc1ccc(NC(=O)COc2c(Cl)cc(C3C4=C(CC(C)(C)CC4=O)N(CCc4ccccc4)C4=C3C(=O)CC(C)(C)C4)cc2Cl)cc1Cl. The fourth-order valence-electron chi connectivity index (χ4n) is 7.43. The van der Waals surface area contributed by atoms with E-state index in [1.165, 1.54) is 5.56 Å². The zero-order valence-corrected chi connectivity index (χ0v) is 30.8. The van der Waals surface area contributed by atoms with Gasteiger partial charge in [0.05, 0.1) is 10.0 Å². The topological polar surface area (TPSA) is 75.7 Å². The molecule has 0 spiro atoms. The Balaban J connectivity index is 1.37. The molecule has 1 heterocycles. The minimum atomic E-state index is -0.608. The van der Waals surface area contributed by atoms with Crippen molar-refractivity contribution in [2.24, 2.45) is 10.8 Å². The van der Waals surface area contributed by atoms with Gasteiger partial charge in [0.1, 0.15) is 0 Å². The molecule has 3 aromatic rings. The first-order valence-corrected chi connectivity index (χ1v) is 17.8. The molecule has 0 saturated carbocycles. The predicted molar refractivity (Wildman–Crippen MR) is 196 cm³/mol. The number of ketones is 2. The number of nitrogens with one attached hydrogen (secondary N) is 1. The fraction of sp³-hybridized carbons (Fsp3) is 0.375. The summed E-state index contributed by atoms with van der Waals surface area (Å²) in [6.45, 7) is 10.7. The first-order chi connectivity index (χ1) is 23.1. The number of nitrogens with zero attached hydrogens (tertiary/aromatic N) is 1. The van der Waals surface area contributed by atoms with Crippen molar-refractivity contribution in [2.45, 2.75) is 72.6 Å². The van der Waals surface area contributed by atoms with Crippen LogP contribution in [-0.2, 0) is 20.8 Å². The van der Waals surface area contributed by atoms with Crippen molar-refractivity contribution in [3.05, 3.63) is 115 Å². The number of allylic oxidation sites excluding steroid dienone is 4. The Labute approximate surface area is 303 Å². The van der Waals surface area contributed by atoms with Gasteiger partial charge >= 0.3 is 0 Å². The highest BCUT2D eigenvalue weighted by Crippen LogP contribution is 2.55. The van der Waals surface area contributed by atoms with E-state index in [1.54, 1.807) is 24.3 Å². The van der Waals surface area contributed by atoms with Gasteiger partial charge in [-0.25, -0.2) is 0 Å². The van der Waals surface area contributed by atoms with E-state index < -0.39 is 11.8 Å². The van der Waals surface area contributed by atoms with Crippen LogP contribution in [0.4, 0.5) is 5.69 Å². The molecule has 1 N–H and O–H groups in total. The summed E-state index contributed by atoms with van der Waals surface area (Å²) < 4.78 is 5.82.